The van der Waals surface area contributed by atoms with Crippen LogP contribution in [0, 0.1) is 34.9 Å². The Balaban J connectivity index is 1.30. The van der Waals surface area contributed by atoms with Gasteiger partial charge in [-0.25, -0.2) is 14.4 Å². The third-order valence-corrected chi connectivity index (χ3v) is 10.7. The molecule has 4 aliphatic rings. The monoisotopic (exact) mass is 600 g/mol. The number of aromatic nitrogens is 2. The molecule has 3 aromatic rings. The summed E-state index contributed by atoms with van der Waals surface area (Å²) in [6.45, 7) is 17.0. The lowest BCUT2D eigenvalue weighted by atomic mass is 9.45. The second-order valence-electron chi connectivity index (χ2n) is 14.6. The van der Waals surface area contributed by atoms with Crippen LogP contribution in [0.25, 0.3) is 10.9 Å². The zero-order valence-electron chi connectivity index (χ0n) is 27.2. The zero-order valence-corrected chi connectivity index (χ0v) is 27.2. The Kier molecular flexibility index (Phi) is 8.57. The number of guanidine groups is 1. The molecular formula is C36H49FN6O. The van der Waals surface area contributed by atoms with Crippen molar-refractivity contribution in [3.63, 3.8) is 0 Å². The summed E-state index contributed by atoms with van der Waals surface area (Å²) in [7, 11) is 0. The summed E-state index contributed by atoms with van der Waals surface area (Å²) in [5, 5.41) is 7.87. The molecule has 44 heavy (non-hydrogen) atoms. The van der Waals surface area contributed by atoms with Gasteiger partial charge in [-0.3, -0.25) is 9.36 Å². The van der Waals surface area contributed by atoms with Crippen molar-refractivity contribution >= 4 is 22.5 Å². The van der Waals surface area contributed by atoms with E-state index in [9.17, 15) is 9.18 Å². The second-order valence-corrected chi connectivity index (χ2v) is 14.6. The van der Waals surface area contributed by atoms with Crippen LogP contribution in [-0.2, 0) is 19.4 Å². The number of rotatable bonds is 7. The van der Waals surface area contributed by atoms with E-state index < -0.39 is 0 Å². The van der Waals surface area contributed by atoms with E-state index in [1.807, 2.05) is 22.8 Å². The van der Waals surface area contributed by atoms with Crippen LogP contribution >= 0.6 is 0 Å². The first-order valence-corrected chi connectivity index (χ1v) is 16.6. The molecule has 1 aliphatic heterocycles. The molecule has 7 rings (SSSR count). The van der Waals surface area contributed by atoms with Gasteiger partial charge in [0.05, 0.1) is 16.9 Å². The number of nitrogens with zero attached hydrogens (tertiary/aromatic N) is 4. The molecule has 236 valence electrons. The molecule has 1 aromatic heterocycles. The lowest BCUT2D eigenvalue weighted by molar-refractivity contribution is -0.108. The van der Waals surface area contributed by atoms with Crippen molar-refractivity contribution in [3.8, 4) is 0 Å². The van der Waals surface area contributed by atoms with Gasteiger partial charge in [0.2, 0.25) is 0 Å². The van der Waals surface area contributed by atoms with Crippen molar-refractivity contribution in [2.45, 2.75) is 85.9 Å². The number of piperazine rings is 1. The third kappa shape index (κ3) is 6.15. The van der Waals surface area contributed by atoms with Crippen LogP contribution < -0.4 is 16.2 Å². The maximum atomic E-state index is 13.8. The van der Waals surface area contributed by atoms with E-state index in [4.69, 9.17) is 9.98 Å². The highest BCUT2D eigenvalue weighted by molar-refractivity contribution is 5.96. The SMILES string of the molecule is CC(C)Cc1nc2cc(NC(=N[C@H]3C[C@@H]4C[C@H]([C@@H]3C)C4(C)C)N3CCN[C@@H](C)C3)ccc2c(=O)n1CCc1ccc(F)cc1. The van der Waals surface area contributed by atoms with E-state index in [1.165, 1.54) is 18.6 Å². The van der Waals surface area contributed by atoms with Gasteiger partial charge in [0, 0.05) is 44.3 Å². The summed E-state index contributed by atoms with van der Waals surface area (Å²) in [4.78, 5) is 26.7. The number of nitrogens with one attached hydrogen (secondary N) is 2. The highest BCUT2D eigenvalue weighted by atomic mass is 19.1. The summed E-state index contributed by atoms with van der Waals surface area (Å²) in [6.07, 6.45) is 3.83. The molecule has 0 radical (unpaired) electrons. The first kappa shape index (κ1) is 30.8. The Bertz CT molecular complexity index is 1580. The summed E-state index contributed by atoms with van der Waals surface area (Å²) in [5.74, 6) is 3.85. The van der Waals surface area contributed by atoms with Crippen molar-refractivity contribution in [2.75, 3.05) is 25.0 Å². The minimum Gasteiger partial charge on any atom is -0.340 e. The molecule has 5 atom stereocenters. The first-order valence-electron chi connectivity index (χ1n) is 16.6. The molecule has 3 saturated carbocycles. The molecule has 1 saturated heterocycles. The van der Waals surface area contributed by atoms with Crippen LogP contribution in [0.1, 0.15) is 65.8 Å². The second kappa shape index (κ2) is 12.3. The lowest BCUT2D eigenvalue weighted by Gasteiger charge is -2.61. The molecule has 2 bridgehead atoms. The van der Waals surface area contributed by atoms with Crippen LogP contribution in [0.5, 0.6) is 0 Å². The summed E-state index contributed by atoms with van der Waals surface area (Å²) < 4.78 is 15.2. The average molecular weight is 601 g/mol. The predicted molar refractivity (Wildman–Crippen MR) is 178 cm³/mol. The quantitative estimate of drug-likeness (QED) is 0.253. The van der Waals surface area contributed by atoms with Gasteiger partial charge in [-0.1, -0.05) is 46.8 Å². The molecule has 0 amide bonds. The van der Waals surface area contributed by atoms with Crippen LogP contribution in [0.3, 0.4) is 0 Å². The number of anilines is 1. The first-order chi connectivity index (χ1) is 21.0. The highest BCUT2D eigenvalue weighted by Crippen LogP contribution is 2.61. The molecule has 2 heterocycles. The third-order valence-electron chi connectivity index (χ3n) is 10.7. The fourth-order valence-electron chi connectivity index (χ4n) is 7.89. The van der Waals surface area contributed by atoms with Gasteiger partial charge in [-0.05, 0) is 91.2 Å². The number of aryl methyl sites for hydroxylation is 1. The van der Waals surface area contributed by atoms with Crippen LogP contribution in [-0.4, -0.2) is 52.1 Å². The van der Waals surface area contributed by atoms with E-state index in [-0.39, 0.29) is 11.4 Å². The number of aliphatic imine (C=N–C) groups is 1. The maximum Gasteiger partial charge on any atom is 0.261 e. The minimum atomic E-state index is -0.253. The number of hydrogen-bond acceptors (Lipinski definition) is 4. The topological polar surface area (TPSA) is 74.6 Å². The molecular weight excluding hydrogens is 551 g/mol. The van der Waals surface area contributed by atoms with Crippen LogP contribution in [0.15, 0.2) is 52.3 Å². The Hall–Kier alpha value is -3.26. The van der Waals surface area contributed by atoms with Crippen molar-refractivity contribution < 1.29 is 4.39 Å². The van der Waals surface area contributed by atoms with E-state index in [0.29, 0.717) is 59.6 Å². The molecule has 7 nitrogen and oxygen atoms in total. The van der Waals surface area contributed by atoms with Crippen LogP contribution in [0.4, 0.5) is 10.1 Å². The Morgan fingerprint density at radius 1 is 1.16 bits per heavy atom. The minimum absolute atomic E-state index is 0.0259. The van der Waals surface area contributed by atoms with Gasteiger partial charge >= 0.3 is 0 Å². The normalized spacial score (nSPS) is 26.6. The fourth-order valence-corrected chi connectivity index (χ4v) is 7.89. The summed E-state index contributed by atoms with van der Waals surface area (Å²) in [5.41, 5.74) is 3.00. The molecule has 2 aromatic carbocycles. The molecule has 2 N–H and O–H groups in total. The van der Waals surface area contributed by atoms with E-state index in [0.717, 1.165) is 60.9 Å². The molecule has 8 heteroatoms. The smallest absolute Gasteiger partial charge is 0.261 e. The van der Waals surface area contributed by atoms with Gasteiger partial charge in [0.25, 0.3) is 5.56 Å². The van der Waals surface area contributed by atoms with Crippen LogP contribution in [0.2, 0.25) is 0 Å². The maximum absolute atomic E-state index is 13.8. The highest BCUT2D eigenvalue weighted by Gasteiger charge is 2.56. The summed E-state index contributed by atoms with van der Waals surface area (Å²) in [6, 6.07) is 13.1. The number of halogens is 1. The molecule has 4 fully saturated rings. The predicted octanol–water partition coefficient (Wildman–Crippen LogP) is 6.11. The molecule has 0 unspecified atom stereocenters. The fraction of sp³-hybridized carbons (Fsp3) is 0.583. The van der Waals surface area contributed by atoms with Gasteiger partial charge in [0.1, 0.15) is 11.6 Å². The molecule has 0 spiro atoms. The van der Waals surface area contributed by atoms with E-state index in [1.54, 1.807) is 12.1 Å². The Morgan fingerprint density at radius 3 is 2.61 bits per heavy atom. The summed E-state index contributed by atoms with van der Waals surface area (Å²) >= 11 is 0. The zero-order chi connectivity index (χ0) is 31.2. The number of fused-ring (bicyclic) bond motifs is 3. The van der Waals surface area contributed by atoms with Gasteiger partial charge in [-0.15, -0.1) is 0 Å². The lowest BCUT2D eigenvalue weighted by Crippen LogP contribution is -2.57. The van der Waals surface area contributed by atoms with Gasteiger partial charge in [-0.2, -0.15) is 0 Å². The van der Waals surface area contributed by atoms with E-state index >= 15 is 0 Å². The number of hydrogen-bond donors (Lipinski definition) is 2. The van der Waals surface area contributed by atoms with Crippen molar-refractivity contribution in [1.82, 2.24) is 19.8 Å². The van der Waals surface area contributed by atoms with Crippen molar-refractivity contribution in [2.24, 2.45) is 34.1 Å². The standard InChI is InChI=1S/C36H49FN6O/c1-22(2)17-33-40-32-20-28(11-12-29(32)34(44)43(33)15-13-25-7-9-27(37)10-8-25)39-35(42-16-14-38-23(3)21-42)41-31-19-26-18-30(24(31)4)36(26,5)6/h7-12,20,22-24,26,30-31,38H,13-19,21H2,1-6H3,(H,39,41)/t23-,24-,26-,30+,31-/m0/s1. The largest absolute Gasteiger partial charge is 0.340 e. The Morgan fingerprint density at radius 2 is 1.93 bits per heavy atom. The van der Waals surface area contributed by atoms with Crippen molar-refractivity contribution in [3.05, 3.63) is 70.0 Å². The average Bonchev–Trinajstić information content (AvgIpc) is 2.97. The number of benzene rings is 2. The Labute approximate surface area is 261 Å². The van der Waals surface area contributed by atoms with E-state index in [2.05, 4.69) is 57.1 Å². The van der Waals surface area contributed by atoms with Gasteiger partial charge in [0.15, 0.2) is 5.96 Å². The van der Waals surface area contributed by atoms with Crippen molar-refractivity contribution in [1.29, 1.82) is 0 Å². The van der Waals surface area contributed by atoms with Gasteiger partial charge < -0.3 is 15.5 Å². The molecule has 3 aliphatic carbocycles.